The van der Waals surface area contributed by atoms with E-state index in [0.29, 0.717) is 23.8 Å². The monoisotopic (exact) mass is 544 g/mol. The predicted molar refractivity (Wildman–Crippen MR) is 169 cm³/mol. The lowest BCUT2D eigenvalue weighted by atomic mass is 9.66. The van der Waals surface area contributed by atoms with Gasteiger partial charge in [-0.3, -0.25) is 0 Å². The molecule has 2 heterocycles. The van der Waals surface area contributed by atoms with Crippen LogP contribution in [0.1, 0.15) is 95.9 Å². The van der Waals surface area contributed by atoms with Crippen molar-refractivity contribution in [1.29, 1.82) is 0 Å². The zero-order valence-corrected chi connectivity index (χ0v) is 26.1. The SMILES string of the molecule is C=C(CCc1ccc(CC(C)(C)C)cc1)NC12CCC(CC1C)N(C(=C)CCc1ccc(CC(C)(C)F)cc1)C2. The van der Waals surface area contributed by atoms with Crippen molar-refractivity contribution >= 4 is 0 Å². The Morgan fingerprint density at radius 2 is 1.40 bits per heavy atom. The van der Waals surface area contributed by atoms with Crippen LogP contribution in [0.4, 0.5) is 4.39 Å². The summed E-state index contributed by atoms with van der Waals surface area (Å²) in [5, 5.41) is 3.96. The molecule has 1 N–H and O–H groups in total. The first-order valence-corrected chi connectivity index (χ1v) is 15.5. The summed E-state index contributed by atoms with van der Waals surface area (Å²) < 4.78 is 14.0. The highest BCUT2D eigenvalue weighted by Crippen LogP contribution is 2.44. The fraction of sp³-hybridized carbons (Fsp3) is 0.568. The van der Waals surface area contributed by atoms with E-state index in [4.69, 9.17) is 0 Å². The van der Waals surface area contributed by atoms with Gasteiger partial charge in [-0.25, -0.2) is 4.39 Å². The van der Waals surface area contributed by atoms with Crippen LogP contribution >= 0.6 is 0 Å². The van der Waals surface area contributed by atoms with Gasteiger partial charge in [-0.15, -0.1) is 0 Å². The molecule has 3 aliphatic rings. The third-order valence-corrected chi connectivity index (χ3v) is 9.04. The van der Waals surface area contributed by atoms with Crippen molar-refractivity contribution in [3.8, 4) is 0 Å². The van der Waals surface area contributed by atoms with E-state index < -0.39 is 5.67 Å². The lowest BCUT2D eigenvalue weighted by molar-refractivity contribution is -0.00521. The predicted octanol–water partition coefficient (Wildman–Crippen LogP) is 8.99. The molecule has 2 bridgehead atoms. The zero-order chi connectivity index (χ0) is 29.1. The normalized spacial score (nSPS) is 22.8. The third kappa shape index (κ3) is 8.24. The molecule has 1 saturated carbocycles. The first-order chi connectivity index (χ1) is 18.7. The van der Waals surface area contributed by atoms with E-state index in [1.54, 1.807) is 13.8 Å². The van der Waals surface area contributed by atoms with Crippen molar-refractivity contribution in [2.45, 2.75) is 117 Å². The van der Waals surface area contributed by atoms with Crippen LogP contribution in [0.5, 0.6) is 0 Å². The van der Waals surface area contributed by atoms with Gasteiger partial charge in [0.25, 0.3) is 0 Å². The molecule has 2 aromatic carbocycles. The van der Waals surface area contributed by atoms with Crippen molar-refractivity contribution in [1.82, 2.24) is 10.2 Å². The molecule has 2 aromatic rings. The third-order valence-electron chi connectivity index (χ3n) is 9.04. The van der Waals surface area contributed by atoms with Crippen LogP contribution < -0.4 is 5.32 Å². The van der Waals surface area contributed by atoms with Gasteiger partial charge in [0.05, 0.1) is 5.54 Å². The summed E-state index contributed by atoms with van der Waals surface area (Å²) in [5.41, 5.74) is 6.78. The van der Waals surface area contributed by atoms with E-state index in [1.807, 2.05) is 0 Å². The molecular weight excluding hydrogens is 491 g/mol. The van der Waals surface area contributed by atoms with Crippen LogP contribution in [0.25, 0.3) is 0 Å². The van der Waals surface area contributed by atoms with Crippen LogP contribution in [0.15, 0.2) is 73.1 Å². The van der Waals surface area contributed by atoms with Crippen molar-refractivity contribution in [3.63, 3.8) is 0 Å². The summed E-state index contributed by atoms with van der Waals surface area (Å²) in [6.07, 6.45) is 9.11. The number of rotatable bonds is 12. The highest BCUT2D eigenvalue weighted by molar-refractivity contribution is 5.26. The standard InChI is InChI=1S/C37H53FN2/c1-27-23-34-21-22-37(27,39-28(2)9-11-30-13-17-32(18-14-30)24-35(4,5)6)26-40(34)29(3)10-12-31-15-19-33(20-16-31)25-36(7,8)38/h13-20,27,34,39H,2-3,9-12,21-26H2,1,4-8H3. The Morgan fingerprint density at radius 3 is 1.93 bits per heavy atom. The average Bonchev–Trinajstić information content (AvgIpc) is 2.86. The molecule has 3 heteroatoms. The summed E-state index contributed by atoms with van der Waals surface area (Å²) in [6, 6.07) is 18.2. The Balaban J connectivity index is 1.29. The molecule has 2 aliphatic heterocycles. The minimum atomic E-state index is -1.17. The van der Waals surface area contributed by atoms with Gasteiger partial charge in [0.1, 0.15) is 5.67 Å². The largest absolute Gasteiger partial charge is 0.381 e. The first-order valence-electron chi connectivity index (χ1n) is 15.5. The van der Waals surface area contributed by atoms with Crippen LogP contribution in [0.2, 0.25) is 0 Å². The van der Waals surface area contributed by atoms with Crippen LogP contribution in [0.3, 0.4) is 0 Å². The minimum Gasteiger partial charge on any atom is -0.381 e. The summed E-state index contributed by atoms with van der Waals surface area (Å²) in [4.78, 5) is 2.59. The van der Waals surface area contributed by atoms with Gasteiger partial charge < -0.3 is 10.2 Å². The van der Waals surface area contributed by atoms with Crippen molar-refractivity contribution in [2.24, 2.45) is 11.3 Å². The number of nitrogens with zero attached hydrogens (tertiary/aromatic N) is 1. The second kappa shape index (κ2) is 12.1. The van der Waals surface area contributed by atoms with Crippen LogP contribution in [-0.2, 0) is 25.7 Å². The summed E-state index contributed by atoms with van der Waals surface area (Å²) in [5.74, 6) is 0.621. The maximum absolute atomic E-state index is 14.0. The van der Waals surface area contributed by atoms with E-state index in [0.717, 1.165) is 49.9 Å². The number of alkyl halides is 1. The summed E-state index contributed by atoms with van der Waals surface area (Å²) in [7, 11) is 0. The Bertz CT molecular complexity index is 1150. The number of benzene rings is 2. The molecule has 1 aliphatic carbocycles. The van der Waals surface area contributed by atoms with E-state index in [-0.39, 0.29) is 5.54 Å². The first kappa shape index (κ1) is 30.4. The van der Waals surface area contributed by atoms with Gasteiger partial charge in [0.2, 0.25) is 0 Å². The smallest absolute Gasteiger partial charge is 0.109 e. The molecular formula is C37H53FN2. The number of hydrogen-bond donors (Lipinski definition) is 1. The molecule has 3 fully saturated rings. The quantitative estimate of drug-likeness (QED) is 0.287. The molecule has 0 spiro atoms. The van der Waals surface area contributed by atoms with Gasteiger partial charge in [0, 0.05) is 30.4 Å². The number of piperidine rings is 2. The number of nitrogens with one attached hydrogen (secondary N) is 1. The van der Waals surface area contributed by atoms with Crippen molar-refractivity contribution < 1.29 is 4.39 Å². The summed E-state index contributed by atoms with van der Waals surface area (Å²) >= 11 is 0. The second-order valence-corrected chi connectivity index (χ2v) is 14.7. The fourth-order valence-electron chi connectivity index (χ4n) is 6.86. The molecule has 3 atom stereocenters. The highest BCUT2D eigenvalue weighted by Gasteiger charge is 2.49. The van der Waals surface area contributed by atoms with Crippen molar-refractivity contribution in [2.75, 3.05) is 6.54 Å². The van der Waals surface area contributed by atoms with Crippen LogP contribution in [-0.4, -0.2) is 28.7 Å². The zero-order valence-electron chi connectivity index (χ0n) is 26.1. The molecule has 218 valence electrons. The molecule has 2 nitrogen and oxygen atoms in total. The molecule has 0 aromatic heterocycles. The van der Waals surface area contributed by atoms with E-state index in [9.17, 15) is 4.39 Å². The molecule has 0 amide bonds. The lowest BCUT2D eigenvalue weighted by Crippen LogP contribution is -2.67. The van der Waals surface area contributed by atoms with Gasteiger partial charge in [-0.2, -0.15) is 0 Å². The number of halogens is 1. The minimum absolute atomic E-state index is 0.0756. The number of aryl methyl sites for hydroxylation is 2. The molecule has 2 saturated heterocycles. The van der Waals surface area contributed by atoms with Crippen LogP contribution in [0, 0.1) is 11.3 Å². The topological polar surface area (TPSA) is 15.3 Å². The molecule has 5 rings (SSSR count). The second-order valence-electron chi connectivity index (χ2n) is 14.7. The number of hydrogen-bond acceptors (Lipinski definition) is 2. The molecule has 0 radical (unpaired) electrons. The number of allylic oxidation sites excluding steroid dienone is 2. The fourth-order valence-corrected chi connectivity index (χ4v) is 6.86. The Labute approximate surface area is 244 Å². The van der Waals surface area contributed by atoms with Gasteiger partial charge in [-0.05, 0) is 98.8 Å². The number of fused-ring (bicyclic) bond motifs is 3. The Kier molecular flexibility index (Phi) is 9.22. The van der Waals surface area contributed by atoms with E-state index in [2.05, 4.69) is 99.6 Å². The Hall–Kier alpha value is -2.55. The summed E-state index contributed by atoms with van der Waals surface area (Å²) in [6.45, 7) is 22.6. The maximum Gasteiger partial charge on any atom is 0.109 e. The molecule has 40 heavy (non-hydrogen) atoms. The van der Waals surface area contributed by atoms with E-state index in [1.165, 1.54) is 41.6 Å². The van der Waals surface area contributed by atoms with Gasteiger partial charge in [0.15, 0.2) is 0 Å². The maximum atomic E-state index is 14.0. The average molecular weight is 545 g/mol. The highest BCUT2D eigenvalue weighted by atomic mass is 19.1. The Morgan fingerprint density at radius 1 is 0.875 bits per heavy atom. The van der Waals surface area contributed by atoms with E-state index >= 15 is 0 Å². The lowest BCUT2D eigenvalue weighted by Gasteiger charge is -2.58. The van der Waals surface area contributed by atoms with Gasteiger partial charge in [-0.1, -0.05) is 89.4 Å². The van der Waals surface area contributed by atoms with Gasteiger partial charge >= 0.3 is 0 Å². The molecule has 3 unspecified atom stereocenters. The van der Waals surface area contributed by atoms with Crippen molar-refractivity contribution in [3.05, 3.63) is 95.3 Å².